The molecule has 0 aliphatic carbocycles. The largest absolute Gasteiger partial charge is 0.0882 e. The molecule has 0 saturated heterocycles. The lowest BCUT2D eigenvalue weighted by Crippen LogP contribution is -1.86. The third-order valence-corrected chi connectivity index (χ3v) is 3.48. The van der Waals surface area contributed by atoms with Gasteiger partial charge in [-0.25, -0.2) is 0 Å². The predicted octanol–water partition coefficient (Wildman–Crippen LogP) is 7.07. The van der Waals surface area contributed by atoms with E-state index in [2.05, 4.69) is 45.1 Å². The average molecular weight is 264 g/mol. The highest BCUT2D eigenvalue weighted by Gasteiger charge is 1.93. The molecular weight excluding hydrogens is 228 g/mol. The van der Waals surface area contributed by atoms with Crippen LogP contribution >= 0.6 is 0 Å². The van der Waals surface area contributed by atoms with E-state index in [-0.39, 0.29) is 0 Å². The van der Waals surface area contributed by atoms with Crippen molar-refractivity contribution in [2.75, 3.05) is 0 Å². The number of hydrogen-bond donors (Lipinski definition) is 0. The second-order valence-electron chi connectivity index (χ2n) is 6.06. The molecule has 0 heterocycles. The van der Waals surface area contributed by atoms with Gasteiger partial charge in [-0.1, -0.05) is 83.6 Å². The molecule has 0 bridgehead atoms. The molecule has 0 N–H and O–H groups in total. The molecule has 0 radical (unpaired) electrons. The first-order valence-electron chi connectivity index (χ1n) is 8.57. The van der Waals surface area contributed by atoms with Crippen LogP contribution in [-0.4, -0.2) is 0 Å². The van der Waals surface area contributed by atoms with Gasteiger partial charge in [0.2, 0.25) is 0 Å². The number of rotatable bonds is 13. The van der Waals surface area contributed by atoms with E-state index in [4.69, 9.17) is 0 Å². The lowest BCUT2D eigenvalue weighted by atomic mass is 10.0. The highest BCUT2D eigenvalue weighted by molar-refractivity contribution is 4.92. The Morgan fingerprint density at radius 3 is 1.84 bits per heavy atom. The first-order chi connectivity index (χ1) is 9.27. The van der Waals surface area contributed by atoms with E-state index in [0.29, 0.717) is 0 Å². The van der Waals surface area contributed by atoms with Gasteiger partial charge in [0, 0.05) is 0 Å². The smallest absolute Gasteiger partial charge is 0.0169 e. The Kier molecular flexibility index (Phi) is 15.1. The van der Waals surface area contributed by atoms with Crippen molar-refractivity contribution in [3.05, 3.63) is 24.3 Å². The third-order valence-electron chi connectivity index (χ3n) is 3.48. The van der Waals surface area contributed by atoms with Gasteiger partial charge in [-0.2, -0.15) is 0 Å². The summed E-state index contributed by atoms with van der Waals surface area (Å²) in [6.07, 6.45) is 24.1. The molecule has 0 amide bonds. The summed E-state index contributed by atoms with van der Waals surface area (Å²) in [7, 11) is 0. The topological polar surface area (TPSA) is 0 Å². The van der Waals surface area contributed by atoms with Gasteiger partial charge in [0.15, 0.2) is 0 Å². The van der Waals surface area contributed by atoms with Crippen LogP contribution in [0.1, 0.15) is 91.4 Å². The zero-order valence-electron chi connectivity index (χ0n) is 13.7. The minimum atomic E-state index is 0.879. The van der Waals surface area contributed by atoms with E-state index in [0.717, 1.165) is 12.3 Å². The maximum Gasteiger partial charge on any atom is -0.0169 e. The SMILES string of the molecule is CCCCC/C=C\C/C=C\CCCCCCC(C)C. The van der Waals surface area contributed by atoms with Crippen LogP contribution in [0.4, 0.5) is 0 Å². The quantitative estimate of drug-likeness (QED) is 0.246. The van der Waals surface area contributed by atoms with Crippen LogP contribution in [-0.2, 0) is 0 Å². The fourth-order valence-electron chi connectivity index (χ4n) is 2.19. The lowest BCUT2D eigenvalue weighted by Gasteiger charge is -2.03. The molecule has 0 saturated carbocycles. The molecule has 112 valence electrons. The van der Waals surface area contributed by atoms with E-state index < -0.39 is 0 Å². The highest BCUT2D eigenvalue weighted by Crippen LogP contribution is 2.10. The number of unbranched alkanes of at least 4 members (excludes halogenated alkanes) is 7. The van der Waals surface area contributed by atoms with Crippen LogP contribution < -0.4 is 0 Å². The Morgan fingerprint density at radius 2 is 1.26 bits per heavy atom. The van der Waals surface area contributed by atoms with Crippen molar-refractivity contribution in [1.29, 1.82) is 0 Å². The van der Waals surface area contributed by atoms with Gasteiger partial charge in [-0.15, -0.1) is 0 Å². The Labute approximate surface area is 122 Å². The molecule has 0 spiro atoms. The van der Waals surface area contributed by atoms with Crippen molar-refractivity contribution in [1.82, 2.24) is 0 Å². The molecule has 0 rings (SSSR count). The molecule has 0 unspecified atom stereocenters. The van der Waals surface area contributed by atoms with E-state index in [9.17, 15) is 0 Å². The van der Waals surface area contributed by atoms with Crippen molar-refractivity contribution in [2.24, 2.45) is 5.92 Å². The monoisotopic (exact) mass is 264 g/mol. The van der Waals surface area contributed by atoms with Crippen molar-refractivity contribution in [3.8, 4) is 0 Å². The summed E-state index contributed by atoms with van der Waals surface area (Å²) >= 11 is 0. The number of allylic oxidation sites excluding steroid dienone is 4. The summed E-state index contributed by atoms with van der Waals surface area (Å²) in [5.41, 5.74) is 0. The minimum absolute atomic E-state index is 0.879. The Balaban J connectivity index is 3.17. The second kappa shape index (κ2) is 15.5. The fourth-order valence-corrected chi connectivity index (χ4v) is 2.19. The second-order valence-corrected chi connectivity index (χ2v) is 6.06. The van der Waals surface area contributed by atoms with E-state index in [1.807, 2.05) is 0 Å². The molecule has 0 aromatic rings. The van der Waals surface area contributed by atoms with Crippen molar-refractivity contribution in [3.63, 3.8) is 0 Å². The van der Waals surface area contributed by atoms with Gasteiger partial charge in [0.1, 0.15) is 0 Å². The van der Waals surface area contributed by atoms with Crippen LogP contribution in [0.25, 0.3) is 0 Å². The van der Waals surface area contributed by atoms with Crippen molar-refractivity contribution >= 4 is 0 Å². The maximum absolute atomic E-state index is 2.36. The minimum Gasteiger partial charge on any atom is -0.0882 e. The van der Waals surface area contributed by atoms with Crippen LogP contribution in [0.5, 0.6) is 0 Å². The van der Waals surface area contributed by atoms with Crippen LogP contribution in [0, 0.1) is 5.92 Å². The summed E-state index contributed by atoms with van der Waals surface area (Å²) in [6, 6.07) is 0. The third kappa shape index (κ3) is 17.5. The molecule has 0 aliphatic rings. The molecule has 0 atom stereocenters. The maximum atomic E-state index is 2.36. The molecule has 0 heteroatoms. The van der Waals surface area contributed by atoms with Gasteiger partial charge < -0.3 is 0 Å². The van der Waals surface area contributed by atoms with E-state index in [1.165, 1.54) is 64.2 Å². The zero-order chi connectivity index (χ0) is 14.2. The van der Waals surface area contributed by atoms with Gasteiger partial charge >= 0.3 is 0 Å². The van der Waals surface area contributed by atoms with Crippen molar-refractivity contribution in [2.45, 2.75) is 91.4 Å². The lowest BCUT2D eigenvalue weighted by molar-refractivity contribution is 0.521. The molecule has 0 fully saturated rings. The Morgan fingerprint density at radius 1 is 0.684 bits per heavy atom. The Bertz CT molecular complexity index is 210. The summed E-state index contributed by atoms with van der Waals surface area (Å²) in [4.78, 5) is 0. The molecule has 0 aromatic heterocycles. The average Bonchev–Trinajstić information content (AvgIpc) is 2.39. The molecule has 0 nitrogen and oxygen atoms in total. The summed E-state index contributed by atoms with van der Waals surface area (Å²) in [5.74, 6) is 0.879. The van der Waals surface area contributed by atoms with Crippen LogP contribution in [0.2, 0.25) is 0 Å². The standard InChI is InChI=1S/C19H36/c1-4-5-6-7-8-9-10-11-12-13-14-15-16-17-18-19(2)3/h8-9,11-12,19H,4-7,10,13-18H2,1-3H3/b9-8-,12-11-. The molecule has 19 heavy (non-hydrogen) atoms. The zero-order valence-corrected chi connectivity index (χ0v) is 13.7. The van der Waals surface area contributed by atoms with E-state index >= 15 is 0 Å². The molecule has 0 aliphatic heterocycles. The normalized spacial score (nSPS) is 12.2. The van der Waals surface area contributed by atoms with Gasteiger partial charge in [0.25, 0.3) is 0 Å². The molecular formula is C19H36. The fraction of sp³-hybridized carbons (Fsp3) is 0.789. The summed E-state index contributed by atoms with van der Waals surface area (Å²) < 4.78 is 0. The Hall–Kier alpha value is -0.520. The van der Waals surface area contributed by atoms with Gasteiger partial charge in [-0.3, -0.25) is 0 Å². The number of hydrogen-bond acceptors (Lipinski definition) is 0. The van der Waals surface area contributed by atoms with Gasteiger partial charge in [0.05, 0.1) is 0 Å². The summed E-state index contributed by atoms with van der Waals surface area (Å²) in [5, 5.41) is 0. The van der Waals surface area contributed by atoms with E-state index in [1.54, 1.807) is 0 Å². The van der Waals surface area contributed by atoms with Crippen LogP contribution in [0.3, 0.4) is 0 Å². The first kappa shape index (κ1) is 18.5. The highest BCUT2D eigenvalue weighted by atomic mass is 14.0. The first-order valence-corrected chi connectivity index (χ1v) is 8.57. The summed E-state index contributed by atoms with van der Waals surface area (Å²) in [6.45, 7) is 6.90. The molecule has 0 aromatic carbocycles. The van der Waals surface area contributed by atoms with Gasteiger partial charge in [-0.05, 0) is 38.0 Å². The van der Waals surface area contributed by atoms with Crippen LogP contribution in [0.15, 0.2) is 24.3 Å². The van der Waals surface area contributed by atoms with Crippen molar-refractivity contribution < 1.29 is 0 Å². The predicted molar refractivity (Wildman–Crippen MR) is 89.6 cm³/mol.